The summed E-state index contributed by atoms with van der Waals surface area (Å²) in [5, 5.41) is 0. The van der Waals surface area contributed by atoms with E-state index in [0.717, 1.165) is 57.2 Å². The van der Waals surface area contributed by atoms with Crippen LogP contribution in [-0.2, 0) is 14.4 Å². The molecule has 6 heteroatoms. The maximum Gasteiger partial charge on any atom is 0.313 e. The van der Waals surface area contributed by atoms with Crippen molar-refractivity contribution in [2.24, 2.45) is 0 Å². The molecule has 0 radical (unpaired) electrons. The van der Waals surface area contributed by atoms with Gasteiger partial charge in [-0.1, -0.05) is 56.5 Å². The third kappa shape index (κ3) is 4.54. The Morgan fingerprint density at radius 3 is 2.25 bits per heavy atom. The molecule has 2 fully saturated rings. The molecular weight excluding hydrogens is 354 g/mol. The van der Waals surface area contributed by atoms with Crippen molar-refractivity contribution >= 4 is 17.7 Å². The molecular formula is C22H31N3O3. The van der Waals surface area contributed by atoms with Crippen LogP contribution in [0.5, 0.6) is 0 Å². The topological polar surface area (TPSA) is 60.9 Å². The van der Waals surface area contributed by atoms with E-state index in [1.165, 1.54) is 4.90 Å². The fourth-order valence-electron chi connectivity index (χ4n) is 4.05. The van der Waals surface area contributed by atoms with Gasteiger partial charge in [0.25, 0.3) is 0 Å². The van der Waals surface area contributed by atoms with Crippen molar-refractivity contribution in [2.75, 3.05) is 32.7 Å². The maximum absolute atomic E-state index is 13.5. The van der Waals surface area contributed by atoms with Gasteiger partial charge in [0.1, 0.15) is 6.04 Å². The molecule has 0 bridgehead atoms. The van der Waals surface area contributed by atoms with E-state index in [-0.39, 0.29) is 5.91 Å². The van der Waals surface area contributed by atoms with E-state index in [1.807, 2.05) is 35.2 Å². The first-order valence-corrected chi connectivity index (χ1v) is 10.6. The van der Waals surface area contributed by atoms with Crippen LogP contribution in [0.2, 0.25) is 0 Å². The number of rotatable bonds is 6. The zero-order valence-electron chi connectivity index (χ0n) is 16.8. The smallest absolute Gasteiger partial charge is 0.313 e. The van der Waals surface area contributed by atoms with Crippen LogP contribution in [0, 0.1) is 0 Å². The summed E-state index contributed by atoms with van der Waals surface area (Å²) in [6.07, 6.45) is 6.10. The second-order valence-corrected chi connectivity index (χ2v) is 7.70. The molecule has 2 saturated heterocycles. The molecule has 28 heavy (non-hydrogen) atoms. The van der Waals surface area contributed by atoms with E-state index in [1.54, 1.807) is 4.90 Å². The lowest BCUT2D eigenvalue weighted by Gasteiger charge is -2.39. The number of amides is 3. The van der Waals surface area contributed by atoms with Crippen LogP contribution < -0.4 is 0 Å². The minimum Gasteiger partial charge on any atom is -0.341 e. The molecule has 152 valence electrons. The third-order valence-corrected chi connectivity index (χ3v) is 5.70. The van der Waals surface area contributed by atoms with Gasteiger partial charge in [0, 0.05) is 32.7 Å². The molecule has 1 atom stereocenters. The van der Waals surface area contributed by atoms with E-state index in [0.29, 0.717) is 19.6 Å². The number of hydrogen-bond acceptors (Lipinski definition) is 3. The zero-order chi connectivity index (χ0) is 19.9. The van der Waals surface area contributed by atoms with Crippen LogP contribution in [0.15, 0.2) is 30.3 Å². The van der Waals surface area contributed by atoms with Crippen molar-refractivity contribution in [3.63, 3.8) is 0 Å². The van der Waals surface area contributed by atoms with E-state index < -0.39 is 17.9 Å². The molecule has 1 aromatic carbocycles. The fraction of sp³-hybridized carbons (Fsp3) is 0.591. The minimum absolute atomic E-state index is 0.0590. The fourth-order valence-corrected chi connectivity index (χ4v) is 4.05. The normalized spacial score (nSPS) is 19.5. The average molecular weight is 386 g/mol. The highest BCUT2D eigenvalue weighted by Gasteiger charge is 2.41. The van der Waals surface area contributed by atoms with Gasteiger partial charge in [-0.3, -0.25) is 14.4 Å². The first-order valence-electron chi connectivity index (χ1n) is 10.6. The molecule has 2 aliphatic heterocycles. The van der Waals surface area contributed by atoms with E-state index in [4.69, 9.17) is 0 Å². The van der Waals surface area contributed by atoms with Crippen LogP contribution in [-0.4, -0.2) is 65.1 Å². The molecule has 0 saturated carbocycles. The Kier molecular flexibility index (Phi) is 7.06. The second kappa shape index (κ2) is 9.71. The van der Waals surface area contributed by atoms with Gasteiger partial charge in [0.15, 0.2) is 0 Å². The summed E-state index contributed by atoms with van der Waals surface area (Å²) >= 11 is 0. The van der Waals surface area contributed by atoms with Crippen LogP contribution in [0.25, 0.3) is 0 Å². The number of carbonyl (C=O) groups is 3. The lowest BCUT2D eigenvalue weighted by molar-refractivity contribution is -0.161. The first kappa shape index (κ1) is 20.4. The van der Waals surface area contributed by atoms with Crippen molar-refractivity contribution < 1.29 is 14.4 Å². The number of likely N-dealkylation sites (tertiary alicyclic amines) is 1. The standard InChI is InChI=1S/C22H31N3O3/c1-2-3-13-24-16-17-25(22(28)21(24)27)19(18-11-7-6-8-12-18)20(26)23-14-9-4-5-10-15-23/h6-8,11-12,19H,2-5,9-10,13-17H2,1H3. The highest BCUT2D eigenvalue weighted by Crippen LogP contribution is 2.27. The highest BCUT2D eigenvalue weighted by atomic mass is 16.2. The molecule has 3 rings (SSSR count). The molecule has 1 aromatic rings. The number of nitrogens with zero attached hydrogens (tertiary/aromatic N) is 3. The lowest BCUT2D eigenvalue weighted by Crippen LogP contribution is -2.57. The summed E-state index contributed by atoms with van der Waals surface area (Å²) < 4.78 is 0. The van der Waals surface area contributed by atoms with Gasteiger partial charge in [-0.25, -0.2) is 0 Å². The maximum atomic E-state index is 13.5. The van der Waals surface area contributed by atoms with Gasteiger partial charge in [0.05, 0.1) is 0 Å². The van der Waals surface area contributed by atoms with Crippen molar-refractivity contribution in [2.45, 2.75) is 51.5 Å². The Hall–Kier alpha value is -2.37. The Labute approximate surface area is 167 Å². The summed E-state index contributed by atoms with van der Waals surface area (Å²) in [5.74, 6) is -1.10. The molecule has 0 spiro atoms. The molecule has 0 aromatic heterocycles. The van der Waals surface area contributed by atoms with Crippen LogP contribution in [0.4, 0.5) is 0 Å². The molecule has 0 aliphatic carbocycles. The van der Waals surface area contributed by atoms with Gasteiger partial charge in [-0.15, -0.1) is 0 Å². The molecule has 0 N–H and O–H groups in total. The number of piperazine rings is 1. The third-order valence-electron chi connectivity index (χ3n) is 5.70. The second-order valence-electron chi connectivity index (χ2n) is 7.70. The van der Waals surface area contributed by atoms with Crippen LogP contribution in [0.1, 0.15) is 57.1 Å². The van der Waals surface area contributed by atoms with Crippen molar-refractivity contribution in [3.8, 4) is 0 Å². The Bertz CT molecular complexity index is 684. The average Bonchev–Trinajstić information content (AvgIpc) is 3.01. The molecule has 2 aliphatic rings. The highest BCUT2D eigenvalue weighted by molar-refractivity contribution is 6.35. The van der Waals surface area contributed by atoms with Crippen LogP contribution in [0.3, 0.4) is 0 Å². The van der Waals surface area contributed by atoms with Gasteiger partial charge >= 0.3 is 11.8 Å². The molecule has 2 heterocycles. The SMILES string of the molecule is CCCCN1CCN(C(C(=O)N2CCCCCC2)c2ccccc2)C(=O)C1=O. The van der Waals surface area contributed by atoms with Crippen molar-refractivity contribution in [3.05, 3.63) is 35.9 Å². The summed E-state index contributed by atoms with van der Waals surface area (Å²) in [6, 6.07) is 8.68. The number of benzene rings is 1. The lowest BCUT2D eigenvalue weighted by atomic mass is 10.0. The minimum atomic E-state index is -0.718. The van der Waals surface area contributed by atoms with Gasteiger partial charge in [-0.05, 0) is 24.8 Å². The van der Waals surface area contributed by atoms with E-state index in [2.05, 4.69) is 6.92 Å². The molecule has 3 amide bonds. The zero-order valence-corrected chi connectivity index (χ0v) is 16.8. The Balaban J connectivity index is 1.84. The number of carbonyl (C=O) groups excluding carboxylic acids is 3. The van der Waals surface area contributed by atoms with Crippen LogP contribution >= 0.6 is 0 Å². The van der Waals surface area contributed by atoms with Crippen molar-refractivity contribution in [1.82, 2.24) is 14.7 Å². The molecule has 6 nitrogen and oxygen atoms in total. The Morgan fingerprint density at radius 1 is 0.929 bits per heavy atom. The summed E-state index contributed by atoms with van der Waals surface area (Å²) in [7, 11) is 0. The Morgan fingerprint density at radius 2 is 1.61 bits per heavy atom. The van der Waals surface area contributed by atoms with Crippen molar-refractivity contribution in [1.29, 1.82) is 0 Å². The summed E-state index contributed by atoms with van der Waals surface area (Å²) in [4.78, 5) is 44.0. The molecule has 1 unspecified atom stereocenters. The number of hydrogen-bond donors (Lipinski definition) is 0. The quantitative estimate of drug-likeness (QED) is 0.707. The number of unbranched alkanes of at least 4 members (excludes halogenated alkanes) is 1. The van der Waals surface area contributed by atoms with E-state index >= 15 is 0 Å². The van der Waals surface area contributed by atoms with Gasteiger partial charge in [0.2, 0.25) is 5.91 Å². The van der Waals surface area contributed by atoms with Gasteiger partial charge < -0.3 is 14.7 Å². The van der Waals surface area contributed by atoms with E-state index in [9.17, 15) is 14.4 Å². The summed E-state index contributed by atoms with van der Waals surface area (Å²) in [5.41, 5.74) is 0.778. The summed E-state index contributed by atoms with van der Waals surface area (Å²) in [6.45, 7) is 5.00. The van der Waals surface area contributed by atoms with Gasteiger partial charge in [-0.2, -0.15) is 0 Å². The predicted molar refractivity (Wildman–Crippen MR) is 107 cm³/mol. The first-order chi connectivity index (χ1) is 13.6. The monoisotopic (exact) mass is 385 g/mol. The largest absolute Gasteiger partial charge is 0.341 e. The predicted octanol–water partition coefficient (Wildman–Crippen LogP) is 2.60.